The highest BCUT2D eigenvalue weighted by molar-refractivity contribution is 7.89. The average Bonchev–Trinajstić information content (AvgIpc) is 3.14. The number of hydrogen-bond donors (Lipinski definition) is 0. The van der Waals surface area contributed by atoms with Crippen molar-refractivity contribution in [3.63, 3.8) is 0 Å². The van der Waals surface area contributed by atoms with Gasteiger partial charge in [0.25, 0.3) is 0 Å². The molecule has 3 atom stereocenters. The van der Waals surface area contributed by atoms with Gasteiger partial charge in [-0.1, -0.05) is 18.2 Å². The summed E-state index contributed by atoms with van der Waals surface area (Å²) in [7, 11) is -3.46. The van der Waals surface area contributed by atoms with Crippen LogP contribution in [0.4, 0.5) is 0 Å². The van der Waals surface area contributed by atoms with Crippen LogP contribution in [0.1, 0.15) is 12.8 Å². The Labute approximate surface area is 136 Å². The van der Waals surface area contributed by atoms with E-state index in [0.29, 0.717) is 17.2 Å². The largest absolute Gasteiger partial charge is 0.487 e. The van der Waals surface area contributed by atoms with E-state index in [1.165, 1.54) is 0 Å². The summed E-state index contributed by atoms with van der Waals surface area (Å²) < 4.78 is 33.4. The number of aromatic nitrogens is 1. The van der Waals surface area contributed by atoms with E-state index in [2.05, 4.69) is 4.98 Å². The molecule has 4 rings (SSSR count). The van der Waals surface area contributed by atoms with Gasteiger partial charge in [0.15, 0.2) is 0 Å². The quantitative estimate of drug-likeness (QED) is 0.863. The van der Waals surface area contributed by atoms with Gasteiger partial charge in [-0.2, -0.15) is 4.31 Å². The lowest BCUT2D eigenvalue weighted by Gasteiger charge is -2.26. The van der Waals surface area contributed by atoms with Crippen molar-refractivity contribution in [1.29, 1.82) is 0 Å². The molecule has 0 amide bonds. The van der Waals surface area contributed by atoms with Gasteiger partial charge in [0.05, 0.1) is 17.1 Å². The zero-order chi connectivity index (χ0) is 15.9. The fourth-order valence-corrected chi connectivity index (χ4v) is 5.39. The Kier molecular flexibility index (Phi) is 3.58. The summed E-state index contributed by atoms with van der Waals surface area (Å²) in [4.78, 5) is 4.41. The topological polar surface area (TPSA) is 59.5 Å². The van der Waals surface area contributed by atoms with Crippen LogP contribution in [0.15, 0.2) is 59.8 Å². The van der Waals surface area contributed by atoms with Crippen molar-refractivity contribution in [2.24, 2.45) is 5.92 Å². The summed E-state index contributed by atoms with van der Waals surface area (Å²) in [5.41, 5.74) is 0. The van der Waals surface area contributed by atoms with Crippen LogP contribution in [0.2, 0.25) is 0 Å². The second-order valence-corrected chi connectivity index (χ2v) is 7.95. The van der Waals surface area contributed by atoms with Crippen molar-refractivity contribution in [1.82, 2.24) is 9.29 Å². The van der Waals surface area contributed by atoms with Crippen LogP contribution in [-0.4, -0.2) is 36.4 Å². The summed E-state index contributed by atoms with van der Waals surface area (Å²) in [6.07, 6.45) is 5.14. The highest BCUT2D eigenvalue weighted by atomic mass is 32.2. The van der Waals surface area contributed by atoms with Gasteiger partial charge in [-0.05, 0) is 37.1 Å². The predicted molar refractivity (Wildman–Crippen MR) is 85.5 cm³/mol. The predicted octanol–water partition coefficient (Wildman–Crippen LogP) is 2.31. The molecule has 2 heterocycles. The zero-order valence-corrected chi connectivity index (χ0v) is 13.4. The second-order valence-electron chi connectivity index (χ2n) is 6.06. The number of pyridine rings is 1. The molecule has 2 fully saturated rings. The molecule has 23 heavy (non-hydrogen) atoms. The van der Waals surface area contributed by atoms with Crippen molar-refractivity contribution >= 4 is 10.0 Å². The van der Waals surface area contributed by atoms with Crippen LogP contribution in [-0.2, 0) is 10.0 Å². The Balaban J connectivity index is 1.59. The summed E-state index contributed by atoms with van der Waals surface area (Å²) in [6, 6.07) is 12.2. The third-order valence-electron chi connectivity index (χ3n) is 4.72. The van der Waals surface area contributed by atoms with E-state index in [-0.39, 0.29) is 18.1 Å². The number of rotatable bonds is 4. The third kappa shape index (κ3) is 2.52. The maximum atomic E-state index is 12.9. The highest BCUT2D eigenvalue weighted by Crippen LogP contribution is 2.42. The molecule has 0 spiro atoms. The second kappa shape index (κ2) is 5.62. The number of fused-ring (bicyclic) bond motifs is 2. The lowest BCUT2D eigenvalue weighted by atomic mass is 10.1. The van der Waals surface area contributed by atoms with Crippen LogP contribution in [0.25, 0.3) is 0 Å². The molecule has 1 aliphatic carbocycles. The SMILES string of the molecule is O=S(=O)(c1ccccc1)N1C[C@H]2CC[C@H]1[C@H]2Oc1cccnc1. The lowest BCUT2D eigenvalue weighted by Crippen LogP contribution is -2.40. The Morgan fingerprint density at radius 2 is 1.91 bits per heavy atom. The van der Waals surface area contributed by atoms with Gasteiger partial charge in [0, 0.05) is 18.7 Å². The minimum absolute atomic E-state index is 0.0855. The first-order valence-electron chi connectivity index (χ1n) is 7.80. The normalized spacial score (nSPS) is 27.2. The Bertz CT molecular complexity index is 780. The lowest BCUT2D eigenvalue weighted by molar-refractivity contribution is 0.167. The van der Waals surface area contributed by atoms with E-state index in [1.807, 2.05) is 18.2 Å². The standard InChI is InChI=1S/C17H18N2O3S/c20-23(21,15-6-2-1-3-7-15)19-12-13-8-9-16(19)17(13)22-14-5-4-10-18-11-14/h1-7,10-11,13,16-17H,8-9,12H2/t13-,16+,17+/m1/s1. The van der Waals surface area contributed by atoms with Crippen molar-refractivity contribution in [2.75, 3.05) is 6.54 Å². The molecule has 0 radical (unpaired) electrons. The molecule has 0 unspecified atom stereocenters. The number of piperidine rings is 1. The van der Waals surface area contributed by atoms with E-state index in [1.54, 1.807) is 41.0 Å². The first-order valence-corrected chi connectivity index (χ1v) is 9.24. The van der Waals surface area contributed by atoms with Gasteiger partial charge in [-0.15, -0.1) is 0 Å². The van der Waals surface area contributed by atoms with Gasteiger partial charge < -0.3 is 4.74 Å². The Hall–Kier alpha value is -1.92. The van der Waals surface area contributed by atoms with Crippen molar-refractivity contribution in [3.8, 4) is 5.75 Å². The third-order valence-corrected chi connectivity index (χ3v) is 6.62. The number of nitrogens with zero attached hydrogens (tertiary/aromatic N) is 2. The van der Waals surface area contributed by atoms with Crippen LogP contribution >= 0.6 is 0 Å². The average molecular weight is 330 g/mol. The number of benzene rings is 1. The van der Waals surface area contributed by atoms with E-state index in [0.717, 1.165) is 12.8 Å². The Morgan fingerprint density at radius 1 is 1.09 bits per heavy atom. The number of sulfonamides is 1. The summed E-state index contributed by atoms with van der Waals surface area (Å²) in [6.45, 7) is 0.535. The zero-order valence-electron chi connectivity index (χ0n) is 12.6. The van der Waals surface area contributed by atoms with E-state index in [9.17, 15) is 8.42 Å². The number of ether oxygens (including phenoxy) is 1. The van der Waals surface area contributed by atoms with Crippen LogP contribution in [0.3, 0.4) is 0 Å². The first kappa shape index (κ1) is 14.7. The highest BCUT2D eigenvalue weighted by Gasteiger charge is 2.52. The van der Waals surface area contributed by atoms with Crippen LogP contribution in [0.5, 0.6) is 5.75 Å². The van der Waals surface area contributed by atoms with Gasteiger partial charge in [0.1, 0.15) is 11.9 Å². The molecule has 0 N–H and O–H groups in total. The summed E-state index contributed by atoms with van der Waals surface area (Å²) in [5, 5.41) is 0. The molecule has 2 bridgehead atoms. The van der Waals surface area contributed by atoms with Gasteiger partial charge in [-0.25, -0.2) is 8.42 Å². The molecular formula is C17H18N2O3S. The summed E-state index contributed by atoms with van der Waals surface area (Å²) >= 11 is 0. The van der Waals surface area contributed by atoms with E-state index >= 15 is 0 Å². The van der Waals surface area contributed by atoms with Crippen molar-refractivity contribution < 1.29 is 13.2 Å². The van der Waals surface area contributed by atoms with Gasteiger partial charge in [-0.3, -0.25) is 4.98 Å². The van der Waals surface area contributed by atoms with Crippen molar-refractivity contribution in [3.05, 3.63) is 54.9 Å². The van der Waals surface area contributed by atoms with Crippen LogP contribution < -0.4 is 4.74 Å². The minimum atomic E-state index is -3.46. The molecule has 120 valence electrons. The first-order chi connectivity index (χ1) is 11.2. The minimum Gasteiger partial charge on any atom is -0.487 e. The molecule has 6 heteroatoms. The Morgan fingerprint density at radius 3 is 2.65 bits per heavy atom. The number of hydrogen-bond acceptors (Lipinski definition) is 4. The molecule has 5 nitrogen and oxygen atoms in total. The van der Waals surface area contributed by atoms with E-state index < -0.39 is 10.0 Å². The van der Waals surface area contributed by atoms with Crippen molar-refractivity contribution in [2.45, 2.75) is 29.9 Å². The van der Waals surface area contributed by atoms with Crippen LogP contribution in [0, 0.1) is 5.92 Å². The van der Waals surface area contributed by atoms with Gasteiger partial charge in [0.2, 0.25) is 10.0 Å². The van der Waals surface area contributed by atoms with Gasteiger partial charge >= 0.3 is 0 Å². The van der Waals surface area contributed by atoms with E-state index in [4.69, 9.17) is 4.74 Å². The fourth-order valence-electron chi connectivity index (χ4n) is 3.65. The molecule has 1 aromatic heterocycles. The molecule has 1 aromatic carbocycles. The molecule has 2 aromatic rings. The molecule has 1 aliphatic heterocycles. The smallest absolute Gasteiger partial charge is 0.243 e. The molecular weight excluding hydrogens is 312 g/mol. The molecule has 1 saturated heterocycles. The monoisotopic (exact) mass is 330 g/mol. The molecule has 2 aliphatic rings. The maximum absolute atomic E-state index is 12.9. The fraction of sp³-hybridized carbons (Fsp3) is 0.353. The maximum Gasteiger partial charge on any atom is 0.243 e. The molecule has 1 saturated carbocycles. The summed E-state index contributed by atoms with van der Waals surface area (Å²) in [5.74, 6) is 0.951.